The van der Waals surface area contributed by atoms with E-state index in [0.717, 1.165) is 17.9 Å². The number of anilines is 1. The molecular weight excluding hydrogens is 328 g/mol. The molecule has 1 fully saturated rings. The van der Waals surface area contributed by atoms with Crippen molar-refractivity contribution in [1.82, 2.24) is 5.32 Å². The number of hydrogen-bond donors (Lipinski definition) is 1. The third-order valence-electron chi connectivity index (χ3n) is 4.57. The van der Waals surface area contributed by atoms with Crippen molar-refractivity contribution in [2.75, 3.05) is 24.6 Å². The Balaban J connectivity index is 1.47. The standard InChI is InChI=1S/C21H24N2O3/c1-2-16-8-10-18(11-9-16)23-15-17(14-20(23)24)21(25)22-12-13-26-19-6-4-3-5-7-19/h3-11,17H,2,12-15H2,1H3,(H,22,25)/t17-/m0/s1. The van der Waals surface area contributed by atoms with Crippen molar-refractivity contribution < 1.29 is 14.3 Å². The van der Waals surface area contributed by atoms with Crippen LogP contribution in [0.2, 0.25) is 0 Å². The summed E-state index contributed by atoms with van der Waals surface area (Å²) < 4.78 is 5.56. The molecule has 2 aromatic carbocycles. The van der Waals surface area contributed by atoms with Gasteiger partial charge >= 0.3 is 0 Å². The lowest BCUT2D eigenvalue weighted by Crippen LogP contribution is -2.35. The SMILES string of the molecule is CCc1ccc(N2C[C@@H](C(=O)NCCOc3ccccc3)CC2=O)cc1. The minimum absolute atomic E-state index is 0.00469. The molecular formula is C21H24N2O3. The normalized spacial score (nSPS) is 16.6. The van der Waals surface area contributed by atoms with E-state index in [-0.39, 0.29) is 24.2 Å². The van der Waals surface area contributed by atoms with Gasteiger partial charge in [0.05, 0.1) is 12.5 Å². The summed E-state index contributed by atoms with van der Waals surface area (Å²) in [5, 5.41) is 2.86. The molecule has 0 aromatic heterocycles. The molecule has 3 rings (SSSR count). The molecule has 26 heavy (non-hydrogen) atoms. The minimum Gasteiger partial charge on any atom is -0.492 e. The van der Waals surface area contributed by atoms with Gasteiger partial charge in [0.15, 0.2) is 0 Å². The molecule has 1 aliphatic rings. The maximum atomic E-state index is 12.3. The average molecular weight is 352 g/mol. The predicted molar refractivity (Wildman–Crippen MR) is 101 cm³/mol. The monoisotopic (exact) mass is 352 g/mol. The second-order valence-electron chi connectivity index (χ2n) is 6.38. The molecule has 2 amide bonds. The third kappa shape index (κ3) is 4.42. The Labute approximate surface area is 154 Å². The van der Waals surface area contributed by atoms with Gasteiger partial charge in [-0.3, -0.25) is 9.59 Å². The molecule has 0 spiro atoms. The molecule has 0 aliphatic carbocycles. The van der Waals surface area contributed by atoms with E-state index in [2.05, 4.69) is 12.2 Å². The Bertz CT molecular complexity index is 744. The maximum Gasteiger partial charge on any atom is 0.227 e. The number of para-hydroxylation sites is 1. The molecule has 136 valence electrons. The van der Waals surface area contributed by atoms with Crippen LogP contribution in [0.3, 0.4) is 0 Å². The molecule has 1 heterocycles. The summed E-state index contributed by atoms with van der Waals surface area (Å²) in [5.41, 5.74) is 2.09. The molecule has 1 N–H and O–H groups in total. The summed E-state index contributed by atoms with van der Waals surface area (Å²) in [7, 11) is 0. The molecule has 5 heteroatoms. The first-order valence-corrected chi connectivity index (χ1v) is 9.02. The van der Waals surface area contributed by atoms with E-state index in [4.69, 9.17) is 4.74 Å². The van der Waals surface area contributed by atoms with Crippen molar-refractivity contribution in [1.29, 1.82) is 0 Å². The van der Waals surface area contributed by atoms with Gasteiger partial charge in [-0.05, 0) is 36.2 Å². The second kappa shape index (κ2) is 8.52. The lowest BCUT2D eigenvalue weighted by atomic mass is 10.1. The minimum atomic E-state index is -0.315. The van der Waals surface area contributed by atoms with Gasteiger partial charge in [-0.25, -0.2) is 0 Å². The second-order valence-corrected chi connectivity index (χ2v) is 6.38. The van der Waals surface area contributed by atoms with Gasteiger partial charge in [0, 0.05) is 18.7 Å². The number of amides is 2. The quantitative estimate of drug-likeness (QED) is 0.780. The Morgan fingerprint density at radius 3 is 2.58 bits per heavy atom. The van der Waals surface area contributed by atoms with Crippen LogP contribution >= 0.6 is 0 Å². The molecule has 5 nitrogen and oxygen atoms in total. The first-order chi connectivity index (χ1) is 12.7. The largest absolute Gasteiger partial charge is 0.492 e. The van der Waals surface area contributed by atoms with Crippen LogP contribution in [-0.2, 0) is 16.0 Å². The summed E-state index contributed by atoms with van der Waals surface area (Å²) in [6.07, 6.45) is 1.21. The number of nitrogens with zero attached hydrogens (tertiary/aromatic N) is 1. The number of rotatable bonds is 7. The van der Waals surface area contributed by atoms with Crippen LogP contribution in [0.15, 0.2) is 54.6 Å². The van der Waals surface area contributed by atoms with Gasteiger partial charge in [0.1, 0.15) is 12.4 Å². The van der Waals surface area contributed by atoms with Crippen molar-refractivity contribution >= 4 is 17.5 Å². The van der Waals surface area contributed by atoms with Crippen molar-refractivity contribution in [2.45, 2.75) is 19.8 Å². The van der Waals surface area contributed by atoms with E-state index >= 15 is 0 Å². The van der Waals surface area contributed by atoms with E-state index in [1.54, 1.807) is 4.90 Å². The van der Waals surface area contributed by atoms with Crippen molar-refractivity contribution in [3.8, 4) is 5.75 Å². The maximum absolute atomic E-state index is 12.3. The van der Waals surface area contributed by atoms with Crippen LogP contribution in [-0.4, -0.2) is 31.5 Å². The lowest BCUT2D eigenvalue weighted by molar-refractivity contribution is -0.126. The molecule has 1 atom stereocenters. The number of hydrogen-bond acceptors (Lipinski definition) is 3. The molecule has 0 saturated carbocycles. The lowest BCUT2D eigenvalue weighted by Gasteiger charge is -2.17. The summed E-state index contributed by atoms with van der Waals surface area (Å²) in [5.74, 6) is 0.363. The number of carbonyl (C=O) groups is 2. The van der Waals surface area contributed by atoms with E-state index in [0.29, 0.717) is 19.7 Å². The Morgan fingerprint density at radius 2 is 1.88 bits per heavy atom. The summed E-state index contributed by atoms with van der Waals surface area (Å²) in [4.78, 5) is 26.3. The highest BCUT2D eigenvalue weighted by Gasteiger charge is 2.34. The van der Waals surface area contributed by atoms with E-state index < -0.39 is 0 Å². The Hall–Kier alpha value is -2.82. The predicted octanol–water partition coefficient (Wildman–Crippen LogP) is 2.80. The molecule has 0 radical (unpaired) electrons. The van der Waals surface area contributed by atoms with E-state index in [1.807, 2.05) is 54.6 Å². The van der Waals surface area contributed by atoms with E-state index in [1.165, 1.54) is 5.56 Å². The zero-order valence-corrected chi connectivity index (χ0v) is 15.0. The van der Waals surface area contributed by atoms with E-state index in [9.17, 15) is 9.59 Å². The van der Waals surface area contributed by atoms with Crippen LogP contribution in [0.4, 0.5) is 5.69 Å². The smallest absolute Gasteiger partial charge is 0.227 e. The van der Waals surface area contributed by atoms with Crippen molar-refractivity contribution in [3.63, 3.8) is 0 Å². The van der Waals surface area contributed by atoms with Crippen LogP contribution < -0.4 is 15.0 Å². The van der Waals surface area contributed by atoms with Crippen LogP contribution in [0.5, 0.6) is 5.75 Å². The zero-order valence-electron chi connectivity index (χ0n) is 15.0. The fraction of sp³-hybridized carbons (Fsp3) is 0.333. The fourth-order valence-corrected chi connectivity index (χ4v) is 3.05. The van der Waals surface area contributed by atoms with Gasteiger partial charge in [-0.2, -0.15) is 0 Å². The molecule has 0 bridgehead atoms. The summed E-state index contributed by atoms with van der Waals surface area (Å²) >= 11 is 0. The molecule has 2 aromatic rings. The number of benzene rings is 2. The average Bonchev–Trinajstić information content (AvgIpc) is 3.08. The van der Waals surface area contributed by atoms with Crippen LogP contribution in [0.25, 0.3) is 0 Å². The Morgan fingerprint density at radius 1 is 1.15 bits per heavy atom. The van der Waals surface area contributed by atoms with Crippen LogP contribution in [0, 0.1) is 5.92 Å². The summed E-state index contributed by atoms with van der Waals surface area (Å²) in [6, 6.07) is 17.4. The van der Waals surface area contributed by atoms with Crippen molar-refractivity contribution in [3.05, 3.63) is 60.2 Å². The fourth-order valence-electron chi connectivity index (χ4n) is 3.05. The highest BCUT2D eigenvalue weighted by atomic mass is 16.5. The van der Waals surface area contributed by atoms with Gasteiger partial charge in [0.25, 0.3) is 0 Å². The first-order valence-electron chi connectivity index (χ1n) is 9.02. The van der Waals surface area contributed by atoms with Gasteiger partial charge in [-0.15, -0.1) is 0 Å². The summed E-state index contributed by atoms with van der Waals surface area (Å²) in [6.45, 7) is 3.34. The Kier molecular flexibility index (Phi) is 5.89. The highest BCUT2D eigenvalue weighted by Crippen LogP contribution is 2.25. The molecule has 0 unspecified atom stereocenters. The highest BCUT2D eigenvalue weighted by molar-refractivity contribution is 6.00. The number of ether oxygens (including phenoxy) is 1. The third-order valence-corrected chi connectivity index (χ3v) is 4.57. The zero-order chi connectivity index (χ0) is 18.4. The van der Waals surface area contributed by atoms with Gasteiger partial charge in [-0.1, -0.05) is 37.3 Å². The topological polar surface area (TPSA) is 58.6 Å². The first kappa shape index (κ1) is 18.0. The van der Waals surface area contributed by atoms with Gasteiger partial charge < -0.3 is 15.0 Å². The van der Waals surface area contributed by atoms with Crippen LogP contribution in [0.1, 0.15) is 18.9 Å². The molecule has 1 saturated heterocycles. The number of carbonyl (C=O) groups excluding carboxylic acids is 2. The molecule has 1 aliphatic heterocycles. The van der Waals surface area contributed by atoms with Crippen molar-refractivity contribution in [2.24, 2.45) is 5.92 Å². The number of nitrogens with one attached hydrogen (secondary N) is 1. The van der Waals surface area contributed by atoms with Gasteiger partial charge in [0.2, 0.25) is 11.8 Å². The number of aryl methyl sites for hydroxylation is 1.